The lowest BCUT2D eigenvalue weighted by atomic mass is 9.79. The van der Waals surface area contributed by atoms with Gasteiger partial charge < -0.3 is 14.9 Å². The van der Waals surface area contributed by atoms with Crippen LogP contribution in [0.5, 0.6) is 5.75 Å². The summed E-state index contributed by atoms with van der Waals surface area (Å²) in [4.78, 5) is 17.6. The van der Waals surface area contributed by atoms with Gasteiger partial charge in [0.05, 0.1) is 36.4 Å². The van der Waals surface area contributed by atoms with Gasteiger partial charge >= 0.3 is 18.3 Å². The van der Waals surface area contributed by atoms with E-state index in [2.05, 4.69) is 16.8 Å². The molecule has 236 valence electrons. The van der Waals surface area contributed by atoms with Gasteiger partial charge in [-0.1, -0.05) is 11.8 Å². The van der Waals surface area contributed by atoms with Crippen molar-refractivity contribution >= 4 is 16.9 Å². The Morgan fingerprint density at radius 1 is 1.05 bits per heavy atom. The van der Waals surface area contributed by atoms with Gasteiger partial charge in [0.15, 0.2) is 0 Å². The molecule has 3 atom stereocenters. The van der Waals surface area contributed by atoms with Crippen molar-refractivity contribution < 1.29 is 46.1 Å². The number of carboxylic acids is 1. The number of halogens is 6. The van der Waals surface area contributed by atoms with Crippen molar-refractivity contribution in [1.82, 2.24) is 9.88 Å². The van der Waals surface area contributed by atoms with E-state index in [-0.39, 0.29) is 36.4 Å². The fraction of sp³-hybridized carbons (Fsp3) is 0.438. The van der Waals surface area contributed by atoms with E-state index >= 15 is 0 Å². The maximum atomic E-state index is 13.2. The molecule has 3 aromatic rings. The number of aliphatic hydroxyl groups excluding tert-OH is 1. The molecule has 4 rings (SSSR count). The van der Waals surface area contributed by atoms with Crippen molar-refractivity contribution in [3.8, 4) is 17.6 Å². The average Bonchev–Trinajstić information content (AvgIpc) is 2.97. The molecule has 0 saturated carbocycles. The van der Waals surface area contributed by atoms with E-state index in [1.165, 1.54) is 0 Å². The number of fused-ring (bicyclic) bond motifs is 1. The molecule has 1 unspecified atom stereocenters. The highest BCUT2D eigenvalue weighted by atomic mass is 19.4. The number of alkyl halides is 6. The Bertz CT molecular complexity index is 1500. The zero-order valence-corrected chi connectivity index (χ0v) is 23.9. The first-order valence-electron chi connectivity index (χ1n) is 14.1. The number of hydrogen-bond donors (Lipinski definition) is 2. The molecule has 44 heavy (non-hydrogen) atoms. The van der Waals surface area contributed by atoms with Crippen LogP contribution in [0.3, 0.4) is 0 Å². The lowest BCUT2D eigenvalue weighted by molar-refractivity contribution is -0.143. The van der Waals surface area contributed by atoms with Crippen molar-refractivity contribution in [1.29, 1.82) is 0 Å². The summed E-state index contributed by atoms with van der Waals surface area (Å²) >= 11 is 0. The minimum absolute atomic E-state index is 0.0477. The lowest BCUT2D eigenvalue weighted by Crippen LogP contribution is -2.41. The van der Waals surface area contributed by atoms with E-state index < -0.39 is 35.6 Å². The monoisotopic (exact) mass is 622 g/mol. The molecule has 0 radical (unpaired) electrons. The Hall–Kier alpha value is -3.82. The number of ether oxygens (including phenoxy) is 1. The number of likely N-dealkylation sites (tertiary alicyclic amines) is 1. The number of aliphatic hydroxyl groups is 1. The number of aromatic nitrogens is 1. The smallest absolute Gasteiger partial charge is 0.416 e. The third kappa shape index (κ3) is 8.64. The highest BCUT2D eigenvalue weighted by Crippen LogP contribution is 2.37. The van der Waals surface area contributed by atoms with Crippen molar-refractivity contribution in [3.05, 3.63) is 70.9 Å². The highest BCUT2D eigenvalue weighted by Gasteiger charge is 2.37. The van der Waals surface area contributed by atoms with Crippen LogP contribution >= 0.6 is 0 Å². The Labute approximate surface area is 250 Å². The van der Waals surface area contributed by atoms with E-state index in [1.54, 1.807) is 25.4 Å². The predicted octanol–water partition coefficient (Wildman–Crippen LogP) is 6.95. The summed E-state index contributed by atoms with van der Waals surface area (Å²) < 4.78 is 84.4. The van der Waals surface area contributed by atoms with Gasteiger partial charge in [0.2, 0.25) is 0 Å². The third-order valence-corrected chi connectivity index (χ3v) is 7.98. The number of carboxylic acid groups (broad SMARTS) is 1. The summed E-state index contributed by atoms with van der Waals surface area (Å²) in [6.07, 6.45) is -7.00. The Morgan fingerprint density at radius 2 is 1.75 bits per heavy atom. The summed E-state index contributed by atoms with van der Waals surface area (Å²) in [6.45, 7) is 1.13. The molecule has 2 aromatic carbocycles. The molecule has 12 heteroatoms. The number of carbonyl (C=O) groups is 1. The summed E-state index contributed by atoms with van der Waals surface area (Å²) in [5.74, 6) is 4.89. The Morgan fingerprint density at radius 3 is 2.39 bits per heavy atom. The Balaban J connectivity index is 1.44. The normalized spacial score (nSPS) is 18.5. The number of rotatable bonds is 9. The van der Waals surface area contributed by atoms with Crippen LogP contribution in [0.25, 0.3) is 10.9 Å². The minimum Gasteiger partial charge on any atom is -0.497 e. The number of aliphatic carboxylic acids is 1. The molecule has 6 nitrogen and oxygen atoms in total. The average molecular weight is 623 g/mol. The first kappa shape index (κ1) is 33.1. The second-order valence-electron chi connectivity index (χ2n) is 10.9. The predicted molar refractivity (Wildman–Crippen MR) is 151 cm³/mol. The molecular weight excluding hydrogens is 590 g/mol. The van der Waals surface area contributed by atoms with Crippen LogP contribution in [0, 0.1) is 23.7 Å². The first-order valence-corrected chi connectivity index (χ1v) is 14.1. The fourth-order valence-corrected chi connectivity index (χ4v) is 5.69. The molecule has 2 heterocycles. The quantitative estimate of drug-likeness (QED) is 0.199. The number of piperidine rings is 1. The maximum absolute atomic E-state index is 13.2. The number of methoxy groups -OCH3 is 1. The van der Waals surface area contributed by atoms with Gasteiger partial charge in [-0.3, -0.25) is 14.7 Å². The Kier molecular flexibility index (Phi) is 10.4. The first-order chi connectivity index (χ1) is 20.7. The van der Waals surface area contributed by atoms with Gasteiger partial charge in [-0.2, -0.15) is 26.3 Å². The summed E-state index contributed by atoms with van der Waals surface area (Å²) in [5.41, 5.74) is -1.80. The molecule has 1 fully saturated rings. The molecule has 1 aromatic heterocycles. The van der Waals surface area contributed by atoms with Crippen LogP contribution < -0.4 is 4.74 Å². The molecule has 1 saturated heterocycles. The van der Waals surface area contributed by atoms with Gasteiger partial charge in [-0.15, -0.1) is 0 Å². The largest absolute Gasteiger partial charge is 0.497 e. The van der Waals surface area contributed by atoms with Crippen LogP contribution in [-0.4, -0.2) is 52.8 Å². The topological polar surface area (TPSA) is 82.9 Å². The molecule has 0 bridgehead atoms. The zero-order valence-electron chi connectivity index (χ0n) is 23.9. The zero-order chi connectivity index (χ0) is 32.1. The van der Waals surface area contributed by atoms with Gasteiger partial charge in [0, 0.05) is 30.1 Å². The van der Waals surface area contributed by atoms with Crippen molar-refractivity contribution in [2.75, 3.05) is 26.7 Å². The van der Waals surface area contributed by atoms with Gasteiger partial charge in [0.1, 0.15) is 5.75 Å². The van der Waals surface area contributed by atoms with Crippen LogP contribution in [0.4, 0.5) is 26.3 Å². The summed E-state index contributed by atoms with van der Waals surface area (Å²) in [5, 5.41) is 21.2. The number of benzene rings is 2. The van der Waals surface area contributed by atoms with Gasteiger partial charge in [0.25, 0.3) is 0 Å². The van der Waals surface area contributed by atoms with Crippen LogP contribution in [0.2, 0.25) is 0 Å². The summed E-state index contributed by atoms with van der Waals surface area (Å²) in [7, 11) is 1.55. The van der Waals surface area contributed by atoms with Crippen molar-refractivity contribution in [2.24, 2.45) is 11.8 Å². The number of nitrogens with zero attached hydrogens (tertiary/aromatic N) is 2. The van der Waals surface area contributed by atoms with Crippen LogP contribution in [0.1, 0.15) is 60.5 Å². The molecule has 0 amide bonds. The van der Waals surface area contributed by atoms with Gasteiger partial charge in [-0.25, -0.2) is 0 Å². The number of pyridine rings is 1. The second-order valence-corrected chi connectivity index (χ2v) is 10.9. The van der Waals surface area contributed by atoms with E-state index in [4.69, 9.17) is 4.74 Å². The molecule has 1 aliphatic rings. The van der Waals surface area contributed by atoms with E-state index in [0.717, 1.165) is 10.9 Å². The summed E-state index contributed by atoms with van der Waals surface area (Å²) in [6, 6.07) is 8.43. The van der Waals surface area contributed by atoms with Crippen LogP contribution in [-0.2, 0) is 17.1 Å². The number of hydrogen-bond acceptors (Lipinski definition) is 5. The van der Waals surface area contributed by atoms with E-state index in [0.29, 0.717) is 62.2 Å². The second kappa shape index (κ2) is 13.9. The van der Waals surface area contributed by atoms with E-state index in [9.17, 15) is 41.4 Å². The standard InChI is InChI=1S/C32H32F6N2O4/c1-44-25-6-7-28-27(18-25)26(10-12-39-28)29(41)8-4-21-11-14-40(19-22(21)5-9-30(42)43)13-2-3-20-15-23(31(33,34)35)17-24(16-20)32(36,37)38/h6-7,10,12,15-18,21-22,29,41H,4-5,8-9,11,13-14,19H2,1H3,(H,42,43)/t21-,22+,29?/m1/s1. The third-order valence-electron chi connectivity index (χ3n) is 7.98. The highest BCUT2D eigenvalue weighted by molar-refractivity contribution is 5.83. The fourth-order valence-electron chi connectivity index (χ4n) is 5.69. The molecule has 1 aliphatic heterocycles. The van der Waals surface area contributed by atoms with E-state index in [1.807, 2.05) is 17.0 Å². The molecule has 0 aliphatic carbocycles. The molecular formula is C32H32F6N2O4. The van der Waals surface area contributed by atoms with Crippen molar-refractivity contribution in [2.45, 2.75) is 50.6 Å². The lowest BCUT2D eigenvalue weighted by Gasteiger charge is -2.38. The molecule has 0 spiro atoms. The maximum Gasteiger partial charge on any atom is 0.416 e. The minimum atomic E-state index is -4.96. The van der Waals surface area contributed by atoms with Crippen molar-refractivity contribution in [3.63, 3.8) is 0 Å². The van der Waals surface area contributed by atoms with Gasteiger partial charge in [-0.05, 0) is 92.1 Å². The SMILES string of the molecule is COc1ccc2nccc(C(O)CC[C@@H]3CCN(CC#Cc4cc(C(F)(F)F)cc(C(F)(F)F)c4)C[C@@H]3CCC(=O)O)c2c1. The van der Waals surface area contributed by atoms with Crippen LogP contribution in [0.15, 0.2) is 48.7 Å². The molecule has 2 N–H and O–H groups in total.